The number of hydrogen-bond donors (Lipinski definition) is 2. The maximum atomic E-state index is 12.2. The highest BCUT2D eigenvalue weighted by Crippen LogP contribution is 2.19. The smallest absolute Gasteiger partial charge is 0.240 e. The van der Waals surface area contributed by atoms with E-state index in [1.807, 2.05) is 12.1 Å². The topological polar surface area (TPSA) is 119 Å². The Morgan fingerprint density at radius 1 is 1.12 bits per heavy atom. The number of pyridine rings is 1. The number of anilines is 1. The van der Waals surface area contributed by atoms with Crippen molar-refractivity contribution in [1.29, 1.82) is 10.5 Å². The van der Waals surface area contributed by atoms with Crippen LogP contribution < -0.4 is 10.0 Å². The summed E-state index contributed by atoms with van der Waals surface area (Å²) < 4.78 is 26.8. The molecule has 0 unspecified atom stereocenters. The summed E-state index contributed by atoms with van der Waals surface area (Å²) in [6.07, 6.45) is 1.53. The van der Waals surface area contributed by atoms with Crippen molar-refractivity contribution in [3.63, 3.8) is 0 Å². The molecule has 0 amide bonds. The van der Waals surface area contributed by atoms with E-state index in [1.54, 1.807) is 12.1 Å². The van der Waals surface area contributed by atoms with E-state index in [0.29, 0.717) is 11.4 Å². The molecule has 0 atom stereocenters. The molecule has 0 saturated heterocycles. The van der Waals surface area contributed by atoms with Crippen molar-refractivity contribution in [2.75, 3.05) is 18.4 Å². The Balaban J connectivity index is 1.99. The van der Waals surface area contributed by atoms with Gasteiger partial charge in [-0.3, -0.25) is 0 Å². The van der Waals surface area contributed by atoms with E-state index in [2.05, 4.69) is 15.0 Å². The molecular weight excluding hydrogens is 350 g/mol. The van der Waals surface area contributed by atoms with Crippen molar-refractivity contribution in [3.05, 3.63) is 52.7 Å². The lowest BCUT2D eigenvalue weighted by Gasteiger charge is -2.09. The molecular formula is C15H12ClN5O2S. The summed E-state index contributed by atoms with van der Waals surface area (Å²) in [7, 11) is -3.76. The molecule has 0 aliphatic carbocycles. The van der Waals surface area contributed by atoms with E-state index in [1.165, 1.54) is 24.4 Å². The van der Waals surface area contributed by atoms with Gasteiger partial charge < -0.3 is 5.32 Å². The minimum Gasteiger partial charge on any atom is -0.368 e. The molecule has 0 spiro atoms. The summed E-state index contributed by atoms with van der Waals surface area (Å²) in [6.45, 7) is 0.317. The lowest BCUT2D eigenvalue weighted by Crippen LogP contribution is -2.29. The van der Waals surface area contributed by atoms with Crippen molar-refractivity contribution in [2.45, 2.75) is 4.90 Å². The summed E-state index contributed by atoms with van der Waals surface area (Å²) in [4.78, 5) is 3.97. The Hall–Kier alpha value is -2.65. The first-order valence-electron chi connectivity index (χ1n) is 6.76. The largest absolute Gasteiger partial charge is 0.368 e. The highest BCUT2D eigenvalue weighted by atomic mass is 35.5. The van der Waals surface area contributed by atoms with E-state index >= 15 is 0 Å². The van der Waals surface area contributed by atoms with Crippen LogP contribution in [0.1, 0.15) is 11.1 Å². The Morgan fingerprint density at radius 3 is 2.58 bits per heavy atom. The van der Waals surface area contributed by atoms with Gasteiger partial charge in [0, 0.05) is 19.3 Å². The molecule has 1 aromatic carbocycles. The molecule has 0 aliphatic heterocycles. The fraction of sp³-hybridized carbons (Fsp3) is 0.133. The molecule has 2 rings (SSSR count). The molecule has 0 fully saturated rings. The number of benzene rings is 1. The molecule has 7 nitrogen and oxygen atoms in total. The number of nitriles is 2. The average molecular weight is 362 g/mol. The molecule has 1 aromatic heterocycles. The van der Waals surface area contributed by atoms with Gasteiger partial charge in [0.1, 0.15) is 18.0 Å². The number of aromatic nitrogens is 1. The predicted molar refractivity (Wildman–Crippen MR) is 88.8 cm³/mol. The van der Waals surface area contributed by atoms with Crippen molar-refractivity contribution < 1.29 is 8.42 Å². The number of halogens is 1. The molecule has 2 aromatic rings. The zero-order valence-electron chi connectivity index (χ0n) is 12.3. The monoisotopic (exact) mass is 361 g/mol. The number of nitrogens with one attached hydrogen (secondary N) is 2. The molecule has 0 radical (unpaired) electrons. The molecule has 0 bridgehead atoms. The lowest BCUT2D eigenvalue weighted by atomic mass is 10.2. The first kappa shape index (κ1) is 17.7. The van der Waals surface area contributed by atoms with Crippen LogP contribution in [0.4, 0.5) is 5.82 Å². The van der Waals surface area contributed by atoms with Gasteiger partial charge in [-0.05, 0) is 30.3 Å². The lowest BCUT2D eigenvalue weighted by molar-refractivity contribution is 0.583. The molecule has 9 heteroatoms. The van der Waals surface area contributed by atoms with Gasteiger partial charge in [-0.1, -0.05) is 11.6 Å². The Labute approximate surface area is 144 Å². The molecule has 0 saturated carbocycles. The van der Waals surface area contributed by atoms with Crippen molar-refractivity contribution in [1.82, 2.24) is 9.71 Å². The summed E-state index contributed by atoms with van der Waals surface area (Å²) in [5, 5.41) is 20.9. The highest BCUT2D eigenvalue weighted by Gasteiger charge is 2.15. The van der Waals surface area contributed by atoms with Crippen molar-refractivity contribution in [3.8, 4) is 12.1 Å². The van der Waals surface area contributed by atoms with E-state index in [4.69, 9.17) is 22.1 Å². The fourth-order valence-electron chi connectivity index (χ4n) is 1.84. The maximum absolute atomic E-state index is 12.2. The van der Waals surface area contributed by atoms with Crippen LogP contribution in [0.15, 0.2) is 41.4 Å². The van der Waals surface area contributed by atoms with Gasteiger partial charge in [-0.2, -0.15) is 10.5 Å². The fourth-order valence-corrected chi connectivity index (χ4v) is 3.06. The minimum absolute atomic E-state index is 0.0426. The standard InChI is InChI=1S/C15H12ClN5O2S/c16-14-4-3-13(8-12(14)10-18)24(22,23)21-7-6-20-15-11(9-17)2-1-5-19-15/h1-5,8,21H,6-7H2,(H,19,20). The first-order valence-corrected chi connectivity index (χ1v) is 8.62. The number of sulfonamides is 1. The van der Waals surface area contributed by atoms with Gasteiger partial charge in [0.05, 0.1) is 21.0 Å². The van der Waals surface area contributed by atoms with Crippen LogP contribution in [-0.4, -0.2) is 26.5 Å². The van der Waals surface area contributed by atoms with Crippen molar-refractivity contribution in [2.24, 2.45) is 0 Å². The molecule has 24 heavy (non-hydrogen) atoms. The van der Waals surface area contributed by atoms with E-state index in [9.17, 15) is 8.42 Å². The highest BCUT2D eigenvalue weighted by molar-refractivity contribution is 7.89. The number of hydrogen-bond acceptors (Lipinski definition) is 6. The van der Waals surface area contributed by atoms with Crippen molar-refractivity contribution >= 4 is 27.4 Å². The van der Waals surface area contributed by atoms with Crippen LogP contribution >= 0.6 is 11.6 Å². The predicted octanol–water partition coefficient (Wildman–Crippen LogP) is 1.87. The van der Waals surface area contributed by atoms with Gasteiger partial charge >= 0.3 is 0 Å². The van der Waals surface area contributed by atoms with Crippen LogP contribution in [0.3, 0.4) is 0 Å². The van der Waals surface area contributed by atoms with Crippen LogP contribution in [0.2, 0.25) is 5.02 Å². The molecule has 122 valence electrons. The van der Waals surface area contributed by atoms with E-state index < -0.39 is 10.0 Å². The third-order valence-electron chi connectivity index (χ3n) is 3.01. The molecule has 2 N–H and O–H groups in total. The molecule has 1 heterocycles. The normalized spacial score (nSPS) is 10.6. The van der Waals surface area contributed by atoms with Crippen LogP contribution in [0, 0.1) is 22.7 Å². The van der Waals surface area contributed by atoms with Crippen LogP contribution in [0.25, 0.3) is 0 Å². The average Bonchev–Trinajstić information content (AvgIpc) is 2.59. The quantitative estimate of drug-likeness (QED) is 0.758. The SMILES string of the molecule is N#Cc1cc(S(=O)(=O)NCCNc2ncccc2C#N)ccc1Cl. The van der Waals surface area contributed by atoms with Gasteiger partial charge in [0.15, 0.2) is 0 Å². The number of rotatable bonds is 6. The zero-order valence-corrected chi connectivity index (χ0v) is 13.9. The summed E-state index contributed by atoms with van der Waals surface area (Å²) in [5.41, 5.74) is 0.460. The van der Waals surface area contributed by atoms with Gasteiger partial charge in [0.2, 0.25) is 10.0 Å². The summed E-state index contributed by atoms with van der Waals surface area (Å²) in [5.74, 6) is 0.387. The third-order valence-corrected chi connectivity index (χ3v) is 4.79. The Kier molecular flexibility index (Phi) is 5.72. The second-order valence-electron chi connectivity index (χ2n) is 4.59. The van der Waals surface area contributed by atoms with Crippen LogP contribution in [-0.2, 0) is 10.0 Å². The summed E-state index contributed by atoms with van der Waals surface area (Å²) >= 11 is 5.79. The maximum Gasteiger partial charge on any atom is 0.240 e. The van der Waals surface area contributed by atoms with Gasteiger partial charge in [-0.25, -0.2) is 18.1 Å². The second-order valence-corrected chi connectivity index (χ2v) is 6.76. The summed E-state index contributed by atoms with van der Waals surface area (Å²) in [6, 6.07) is 11.0. The Morgan fingerprint density at radius 2 is 1.88 bits per heavy atom. The van der Waals surface area contributed by atoms with E-state index in [-0.39, 0.29) is 28.6 Å². The third kappa shape index (κ3) is 4.21. The van der Waals surface area contributed by atoms with Crippen LogP contribution in [0.5, 0.6) is 0 Å². The number of nitrogens with zero attached hydrogens (tertiary/aromatic N) is 3. The second kappa shape index (κ2) is 7.75. The van der Waals surface area contributed by atoms with E-state index in [0.717, 1.165) is 0 Å². The van der Waals surface area contributed by atoms with Gasteiger partial charge in [0.25, 0.3) is 0 Å². The van der Waals surface area contributed by atoms with Gasteiger partial charge in [-0.15, -0.1) is 0 Å². The first-order chi connectivity index (χ1) is 11.5. The minimum atomic E-state index is -3.76. The molecule has 0 aliphatic rings. The zero-order chi connectivity index (χ0) is 17.6. The Bertz CT molecular complexity index is 932.